The highest BCUT2D eigenvalue weighted by molar-refractivity contribution is 4.81. The number of hydrogen-bond donors (Lipinski definition) is 1. The van der Waals surface area contributed by atoms with Gasteiger partial charge in [-0.15, -0.1) is 0 Å². The third-order valence-corrected chi connectivity index (χ3v) is 2.86. The van der Waals surface area contributed by atoms with Gasteiger partial charge in [-0.1, -0.05) is 6.42 Å². The van der Waals surface area contributed by atoms with Crippen LogP contribution in [0.3, 0.4) is 0 Å². The normalized spacial score (nSPS) is 30.3. The highest BCUT2D eigenvalue weighted by Gasteiger charge is 2.22. The Bertz CT molecular complexity index is 110. The molecule has 0 aliphatic carbocycles. The van der Waals surface area contributed by atoms with Crippen molar-refractivity contribution in [3.8, 4) is 0 Å². The lowest BCUT2D eigenvalue weighted by atomic mass is 9.97. The van der Waals surface area contributed by atoms with Crippen molar-refractivity contribution < 1.29 is 0 Å². The van der Waals surface area contributed by atoms with Gasteiger partial charge in [-0.05, 0) is 40.4 Å². The molecule has 1 aliphatic heterocycles. The van der Waals surface area contributed by atoms with Crippen LogP contribution in [0.4, 0.5) is 0 Å². The van der Waals surface area contributed by atoms with E-state index in [2.05, 4.69) is 24.2 Å². The summed E-state index contributed by atoms with van der Waals surface area (Å²) >= 11 is 0. The first-order valence-corrected chi connectivity index (χ1v) is 4.63. The van der Waals surface area contributed by atoms with Gasteiger partial charge in [0, 0.05) is 12.1 Å². The molecule has 0 aromatic carbocycles. The first-order valence-electron chi connectivity index (χ1n) is 4.63. The minimum atomic E-state index is 0.639. The van der Waals surface area contributed by atoms with E-state index in [0.29, 0.717) is 6.04 Å². The van der Waals surface area contributed by atoms with E-state index in [-0.39, 0.29) is 0 Å². The van der Waals surface area contributed by atoms with Gasteiger partial charge in [-0.2, -0.15) is 0 Å². The van der Waals surface area contributed by atoms with E-state index in [1.165, 1.54) is 25.8 Å². The molecule has 2 nitrogen and oxygen atoms in total. The maximum atomic E-state index is 3.32. The Balaban J connectivity index is 2.40. The summed E-state index contributed by atoms with van der Waals surface area (Å²) < 4.78 is 0. The fourth-order valence-electron chi connectivity index (χ4n) is 1.92. The molecule has 2 heteroatoms. The van der Waals surface area contributed by atoms with Crippen molar-refractivity contribution in [3.05, 3.63) is 0 Å². The van der Waals surface area contributed by atoms with Gasteiger partial charge in [0.15, 0.2) is 0 Å². The summed E-state index contributed by atoms with van der Waals surface area (Å²) in [5, 5.41) is 3.32. The summed E-state index contributed by atoms with van der Waals surface area (Å²) in [5.41, 5.74) is 0. The molecular weight excluding hydrogens is 136 g/mol. The van der Waals surface area contributed by atoms with Gasteiger partial charge in [-0.25, -0.2) is 0 Å². The van der Waals surface area contributed by atoms with Gasteiger partial charge >= 0.3 is 0 Å². The quantitative estimate of drug-likeness (QED) is 0.643. The van der Waals surface area contributed by atoms with E-state index < -0.39 is 0 Å². The fourth-order valence-corrected chi connectivity index (χ4v) is 1.92. The van der Waals surface area contributed by atoms with Crippen LogP contribution in [0, 0.1) is 0 Å². The number of likely N-dealkylation sites (tertiary alicyclic amines) is 1. The Morgan fingerprint density at radius 3 is 2.73 bits per heavy atom. The van der Waals surface area contributed by atoms with E-state index in [1.807, 2.05) is 7.05 Å². The molecule has 0 spiro atoms. The van der Waals surface area contributed by atoms with E-state index in [1.54, 1.807) is 0 Å². The number of piperidine rings is 1. The second-order valence-corrected chi connectivity index (χ2v) is 3.62. The third kappa shape index (κ3) is 2.17. The van der Waals surface area contributed by atoms with Crippen LogP contribution < -0.4 is 5.32 Å². The second kappa shape index (κ2) is 4.07. The lowest BCUT2D eigenvalue weighted by Gasteiger charge is -2.36. The predicted octanol–water partition coefficient (Wildman–Crippen LogP) is 1.08. The summed E-state index contributed by atoms with van der Waals surface area (Å²) in [4.78, 5) is 2.48. The fraction of sp³-hybridized carbons (Fsp3) is 1.00. The zero-order valence-corrected chi connectivity index (χ0v) is 7.93. The molecule has 0 aromatic rings. The van der Waals surface area contributed by atoms with Gasteiger partial charge in [0.05, 0.1) is 0 Å². The highest BCUT2D eigenvalue weighted by Crippen LogP contribution is 2.17. The molecule has 1 N–H and O–H groups in total. The van der Waals surface area contributed by atoms with Crippen LogP contribution >= 0.6 is 0 Å². The molecule has 2 unspecified atom stereocenters. The molecule has 1 fully saturated rings. The van der Waals surface area contributed by atoms with Crippen LogP contribution in [0.5, 0.6) is 0 Å². The lowest BCUT2D eigenvalue weighted by molar-refractivity contribution is 0.154. The number of hydrogen-bond acceptors (Lipinski definition) is 2. The Labute approximate surface area is 70.0 Å². The highest BCUT2D eigenvalue weighted by atomic mass is 15.2. The molecule has 0 saturated carbocycles. The van der Waals surface area contributed by atoms with E-state index in [9.17, 15) is 0 Å². The molecule has 0 radical (unpaired) electrons. The van der Waals surface area contributed by atoms with Crippen LogP contribution in [-0.4, -0.2) is 37.6 Å². The molecule has 0 aromatic heterocycles. The Hall–Kier alpha value is -0.0800. The monoisotopic (exact) mass is 156 g/mol. The van der Waals surface area contributed by atoms with Crippen LogP contribution in [0.25, 0.3) is 0 Å². The molecule has 1 rings (SSSR count). The SMILES string of the molecule is CNC(C)C1CCCCN1C. The summed E-state index contributed by atoms with van der Waals surface area (Å²) in [7, 11) is 4.28. The van der Waals surface area contributed by atoms with Crippen LogP contribution in [0.1, 0.15) is 26.2 Å². The van der Waals surface area contributed by atoms with Crippen molar-refractivity contribution in [2.24, 2.45) is 0 Å². The third-order valence-electron chi connectivity index (χ3n) is 2.86. The molecular formula is C9H20N2. The standard InChI is InChI=1S/C9H20N2/c1-8(10-2)9-6-4-5-7-11(9)3/h8-10H,4-7H2,1-3H3. The molecule has 11 heavy (non-hydrogen) atoms. The predicted molar refractivity (Wildman–Crippen MR) is 48.8 cm³/mol. The molecule has 1 aliphatic rings. The molecule has 1 heterocycles. The maximum absolute atomic E-state index is 3.32. The van der Waals surface area contributed by atoms with Crippen molar-refractivity contribution in [1.82, 2.24) is 10.2 Å². The first kappa shape index (κ1) is 9.01. The van der Waals surface area contributed by atoms with Crippen molar-refractivity contribution >= 4 is 0 Å². The molecule has 0 bridgehead atoms. The largest absolute Gasteiger partial charge is 0.316 e. The van der Waals surface area contributed by atoms with Gasteiger partial charge < -0.3 is 10.2 Å². The molecule has 0 amide bonds. The van der Waals surface area contributed by atoms with Crippen LogP contribution in [-0.2, 0) is 0 Å². The topological polar surface area (TPSA) is 15.3 Å². The average Bonchev–Trinajstić information content (AvgIpc) is 2.04. The molecule has 1 saturated heterocycles. The smallest absolute Gasteiger partial charge is 0.0243 e. The maximum Gasteiger partial charge on any atom is 0.0243 e. The van der Waals surface area contributed by atoms with Crippen LogP contribution in [0.2, 0.25) is 0 Å². The summed E-state index contributed by atoms with van der Waals surface area (Å²) in [6, 6.07) is 1.40. The van der Waals surface area contributed by atoms with Crippen molar-refractivity contribution in [3.63, 3.8) is 0 Å². The molecule has 2 atom stereocenters. The Morgan fingerprint density at radius 2 is 2.18 bits per heavy atom. The first-order chi connectivity index (χ1) is 5.25. The Morgan fingerprint density at radius 1 is 1.45 bits per heavy atom. The summed E-state index contributed by atoms with van der Waals surface area (Å²) in [6.45, 7) is 3.54. The molecule has 66 valence electrons. The van der Waals surface area contributed by atoms with Gasteiger partial charge in [-0.3, -0.25) is 0 Å². The van der Waals surface area contributed by atoms with E-state index in [0.717, 1.165) is 6.04 Å². The van der Waals surface area contributed by atoms with Gasteiger partial charge in [0.2, 0.25) is 0 Å². The number of nitrogens with zero attached hydrogens (tertiary/aromatic N) is 1. The number of nitrogens with one attached hydrogen (secondary N) is 1. The van der Waals surface area contributed by atoms with Crippen molar-refractivity contribution in [2.75, 3.05) is 20.6 Å². The number of rotatable bonds is 2. The van der Waals surface area contributed by atoms with Crippen molar-refractivity contribution in [1.29, 1.82) is 0 Å². The zero-order valence-electron chi connectivity index (χ0n) is 7.93. The van der Waals surface area contributed by atoms with Gasteiger partial charge in [0.1, 0.15) is 0 Å². The van der Waals surface area contributed by atoms with E-state index in [4.69, 9.17) is 0 Å². The lowest BCUT2D eigenvalue weighted by Crippen LogP contribution is -2.48. The van der Waals surface area contributed by atoms with Gasteiger partial charge in [0.25, 0.3) is 0 Å². The summed E-state index contributed by atoms with van der Waals surface area (Å²) in [5.74, 6) is 0. The Kier molecular flexibility index (Phi) is 3.34. The van der Waals surface area contributed by atoms with E-state index >= 15 is 0 Å². The zero-order chi connectivity index (χ0) is 8.27. The number of likely N-dealkylation sites (N-methyl/N-ethyl adjacent to an activating group) is 2. The summed E-state index contributed by atoms with van der Waals surface area (Å²) in [6.07, 6.45) is 4.14. The second-order valence-electron chi connectivity index (χ2n) is 3.62. The van der Waals surface area contributed by atoms with Crippen LogP contribution in [0.15, 0.2) is 0 Å². The van der Waals surface area contributed by atoms with Crippen molar-refractivity contribution in [2.45, 2.75) is 38.3 Å². The average molecular weight is 156 g/mol. The minimum Gasteiger partial charge on any atom is -0.316 e. The minimum absolute atomic E-state index is 0.639.